The summed E-state index contributed by atoms with van der Waals surface area (Å²) in [5.74, 6) is 5.98. The Morgan fingerprint density at radius 1 is 1.42 bits per heavy atom. The zero-order valence-electron chi connectivity index (χ0n) is 10.1. The lowest BCUT2D eigenvalue weighted by atomic mass is 10.1. The largest absolute Gasteiger partial charge is 0.395 e. The highest BCUT2D eigenvalue weighted by atomic mass is 32.2. The number of hydrogen-bond donors (Lipinski definition) is 2. The fourth-order valence-electron chi connectivity index (χ4n) is 1.41. The summed E-state index contributed by atoms with van der Waals surface area (Å²) in [7, 11) is 0. The Kier molecular flexibility index (Phi) is 4.95. The Hall–Kier alpha value is -1.84. The minimum atomic E-state index is -0.318. The van der Waals surface area contributed by atoms with Gasteiger partial charge in [0, 0.05) is 17.7 Å². The van der Waals surface area contributed by atoms with Gasteiger partial charge in [0.25, 0.3) is 0 Å². The number of thioether (sulfide) groups is 1. The van der Waals surface area contributed by atoms with E-state index in [1.165, 1.54) is 30.2 Å². The zero-order chi connectivity index (χ0) is 13.5. The molecule has 2 aromatic rings. The van der Waals surface area contributed by atoms with E-state index in [0.29, 0.717) is 22.9 Å². The van der Waals surface area contributed by atoms with Gasteiger partial charge in [-0.15, -0.1) is 0 Å². The molecule has 1 heterocycles. The summed E-state index contributed by atoms with van der Waals surface area (Å²) >= 11 is 1.47. The molecule has 0 aliphatic carbocycles. The van der Waals surface area contributed by atoms with Crippen molar-refractivity contribution in [1.82, 2.24) is 15.2 Å². The Bertz CT molecular complexity index is 590. The number of nitrogens with one attached hydrogen (secondary N) is 1. The number of aromatic nitrogens is 3. The highest BCUT2D eigenvalue weighted by Gasteiger charge is 2.04. The van der Waals surface area contributed by atoms with Gasteiger partial charge in [0.05, 0.1) is 6.61 Å². The van der Waals surface area contributed by atoms with Crippen LogP contribution in [0.1, 0.15) is 17.5 Å². The van der Waals surface area contributed by atoms with Crippen molar-refractivity contribution in [3.8, 4) is 11.8 Å². The van der Waals surface area contributed by atoms with E-state index in [-0.39, 0.29) is 12.4 Å². The maximum absolute atomic E-state index is 13.2. The molecule has 2 rings (SSSR count). The summed E-state index contributed by atoms with van der Waals surface area (Å²) in [5.41, 5.74) is 1.56. The Morgan fingerprint density at radius 3 is 3.05 bits per heavy atom. The van der Waals surface area contributed by atoms with Gasteiger partial charge in [-0.2, -0.15) is 5.10 Å². The van der Waals surface area contributed by atoms with Gasteiger partial charge in [0.1, 0.15) is 12.1 Å². The van der Waals surface area contributed by atoms with E-state index >= 15 is 0 Å². The molecule has 1 aromatic carbocycles. The lowest BCUT2D eigenvalue weighted by molar-refractivity contribution is 0.305. The van der Waals surface area contributed by atoms with Crippen molar-refractivity contribution < 1.29 is 9.50 Å². The molecular formula is C13H12FN3OS. The molecule has 0 amide bonds. The number of rotatable bonds is 4. The number of halogens is 1. The molecule has 0 saturated heterocycles. The molecule has 4 nitrogen and oxygen atoms in total. The van der Waals surface area contributed by atoms with E-state index in [4.69, 9.17) is 5.11 Å². The highest BCUT2D eigenvalue weighted by Crippen LogP contribution is 2.21. The molecule has 0 fully saturated rings. The second-order valence-corrected chi connectivity index (χ2v) is 4.62. The highest BCUT2D eigenvalue weighted by molar-refractivity contribution is 7.98. The SMILES string of the molecule is OCCC#Cc1cc(F)ccc1CSc1ncn[nH]1. The first-order valence-corrected chi connectivity index (χ1v) is 6.64. The smallest absolute Gasteiger partial charge is 0.183 e. The monoisotopic (exact) mass is 277 g/mol. The van der Waals surface area contributed by atoms with Gasteiger partial charge < -0.3 is 5.11 Å². The fourth-order valence-corrected chi connectivity index (χ4v) is 2.20. The van der Waals surface area contributed by atoms with Gasteiger partial charge in [-0.1, -0.05) is 29.7 Å². The molecule has 6 heteroatoms. The van der Waals surface area contributed by atoms with Gasteiger partial charge in [-0.3, -0.25) is 5.10 Å². The fraction of sp³-hybridized carbons (Fsp3) is 0.231. The third kappa shape index (κ3) is 4.09. The molecule has 0 aliphatic heterocycles. The standard InChI is InChI=1S/C13H12FN3OS/c14-12-5-4-11(8-19-13-15-9-16-17-13)10(7-12)3-1-2-6-18/h4-5,7,9,18H,2,6,8H2,(H,15,16,17). The van der Waals surface area contributed by atoms with E-state index in [9.17, 15) is 4.39 Å². The van der Waals surface area contributed by atoms with Crippen molar-refractivity contribution in [2.45, 2.75) is 17.3 Å². The number of aliphatic hydroxyl groups is 1. The number of H-pyrrole nitrogens is 1. The molecule has 0 aliphatic rings. The van der Waals surface area contributed by atoms with Crippen LogP contribution >= 0.6 is 11.8 Å². The number of nitrogens with zero attached hydrogens (tertiary/aromatic N) is 2. The summed E-state index contributed by atoms with van der Waals surface area (Å²) in [6.07, 6.45) is 1.82. The third-order valence-corrected chi connectivity index (χ3v) is 3.21. The average molecular weight is 277 g/mol. The van der Waals surface area contributed by atoms with Crippen molar-refractivity contribution in [1.29, 1.82) is 0 Å². The maximum Gasteiger partial charge on any atom is 0.183 e. The minimum absolute atomic E-state index is 0.00443. The number of hydrogen-bond acceptors (Lipinski definition) is 4. The molecule has 2 N–H and O–H groups in total. The molecule has 0 radical (unpaired) electrons. The number of benzene rings is 1. The topological polar surface area (TPSA) is 61.8 Å². The van der Waals surface area contributed by atoms with Gasteiger partial charge in [-0.05, 0) is 17.7 Å². The van der Waals surface area contributed by atoms with Crippen LogP contribution in [0.25, 0.3) is 0 Å². The molecule has 0 atom stereocenters. The Labute approximate surface area is 114 Å². The maximum atomic E-state index is 13.2. The number of aromatic amines is 1. The first-order valence-electron chi connectivity index (χ1n) is 5.66. The summed E-state index contributed by atoms with van der Waals surface area (Å²) in [6.45, 7) is 0.00443. The molecule has 0 unspecified atom stereocenters. The van der Waals surface area contributed by atoms with E-state index in [0.717, 1.165) is 5.56 Å². The van der Waals surface area contributed by atoms with Crippen molar-refractivity contribution in [2.24, 2.45) is 0 Å². The second-order valence-electron chi connectivity index (χ2n) is 3.66. The quantitative estimate of drug-likeness (QED) is 0.662. The summed E-state index contributed by atoms with van der Waals surface area (Å²) in [5, 5.41) is 15.9. The van der Waals surface area contributed by atoms with Crippen molar-refractivity contribution in [3.63, 3.8) is 0 Å². The van der Waals surface area contributed by atoms with Gasteiger partial charge in [0.15, 0.2) is 5.16 Å². The van der Waals surface area contributed by atoms with Crippen LogP contribution in [0.15, 0.2) is 29.7 Å². The van der Waals surface area contributed by atoms with E-state index in [1.807, 2.05) is 0 Å². The third-order valence-electron chi connectivity index (χ3n) is 2.29. The van der Waals surface area contributed by atoms with Crippen LogP contribution < -0.4 is 0 Å². The molecule has 0 bridgehead atoms. The van der Waals surface area contributed by atoms with Crippen LogP contribution in [0.5, 0.6) is 0 Å². The van der Waals surface area contributed by atoms with E-state index in [2.05, 4.69) is 27.0 Å². The minimum Gasteiger partial charge on any atom is -0.395 e. The molecule has 98 valence electrons. The Morgan fingerprint density at radius 2 is 2.32 bits per heavy atom. The molecule has 1 aromatic heterocycles. The molecule has 0 spiro atoms. The van der Waals surface area contributed by atoms with Crippen LogP contribution in [0, 0.1) is 17.7 Å². The van der Waals surface area contributed by atoms with Crippen LogP contribution in [0.4, 0.5) is 4.39 Å². The summed E-state index contributed by atoms with van der Waals surface area (Å²) in [4.78, 5) is 4.01. The van der Waals surface area contributed by atoms with Crippen LogP contribution in [-0.2, 0) is 5.75 Å². The van der Waals surface area contributed by atoms with Crippen LogP contribution in [0.3, 0.4) is 0 Å². The van der Waals surface area contributed by atoms with E-state index in [1.54, 1.807) is 6.07 Å². The van der Waals surface area contributed by atoms with Crippen molar-refractivity contribution in [3.05, 3.63) is 41.5 Å². The Balaban J connectivity index is 2.12. The second kappa shape index (κ2) is 6.92. The number of aliphatic hydroxyl groups excluding tert-OH is 1. The van der Waals surface area contributed by atoms with Gasteiger partial charge in [0.2, 0.25) is 0 Å². The lowest BCUT2D eigenvalue weighted by Crippen LogP contribution is -1.90. The normalized spacial score (nSPS) is 10.0. The predicted molar refractivity (Wildman–Crippen MR) is 70.9 cm³/mol. The summed E-state index contributed by atoms with van der Waals surface area (Å²) < 4.78 is 13.2. The predicted octanol–water partition coefficient (Wildman–Crippen LogP) is 1.97. The van der Waals surface area contributed by atoms with Crippen molar-refractivity contribution in [2.75, 3.05) is 6.61 Å². The first-order chi connectivity index (χ1) is 9.29. The molecule has 19 heavy (non-hydrogen) atoms. The van der Waals surface area contributed by atoms with Gasteiger partial charge >= 0.3 is 0 Å². The van der Waals surface area contributed by atoms with Crippen molar-refractivity contribution >= 4 is 11.8 Å². The molecule has 0 saturated carbocycles. The summed E-state index contributed by atoms with van der Waals surface area (Å²) in [6, 6.07) is 4.52. The van der Waals surface area contributed by atoms with Gasteiger partial charge in [-0.25, -0.2) is 9.37 Å². The first kappa shape index (κ1) is 13.6. The average Bonchev–Trinajstić information content (AvgIpc) is 2.91. The zero-order valence-corrected chi connectivity index (χ0v) is 10.9. The van der Waals surface area contributed by atoms with E-state index < -0.39 is 0 Å². The van der Waals surface area contributed by atoms with Crippen LogP contribution in [-0.4, -0.2) is 26.9 Å². The lowest BCUT2D eigenvalue weighted by Gasteiger charge is -2.03. The molecular weight excluding hydrogens is 265 g/mol. The van der Waals surface area contributed by atoms with Crippen LogP contribution in [0.2, 0.25) is 0 Å².